The third-order valence-electron chi connectivity index (χ3n) is 6.54. The Bertz CT molecular complexity index is 1630. The van der Waals surface area contributed by atoms with Crippen LogP contribution in [0.15, 0.2) is 108 Å². The molecule has 0 spiro atoms. The lowest BCUT2D eigenvalue weighted by Gasteiger charge is -2.28. The van der Waals surface area contributed by atoms with Crippen LogP contribution in [0.25, 0.3) is 11.1 Å². The highest BCUT2D eigenvalue weighted by Crippen LogP contribution is 2.52. The molecule has 0 bridgehead atoms. The van der Waals surface area contributed by atoms with E-state index >= 15 is 0 Å². The number of hydrogen-bond donors (Lipinski definition) is 1. The number of carbonyl (C=O) groups excluding carboxylic acids is 2. The van der Waals surface area contributed by atoms with Crippen molar-refractivity contribution in [3.8, 4) is 5.75 Å². The van der Waals surface area contributed by atoms with Crippen molar-refractivity contribution in [1.82, 2.24) is 4.98 Å². The van der Waals surface area contributed by atoms with E-state index in [1.54, 1.807) is 44.2 Å². The highest BCUT2D eigenvalue weighted by atomic mass is 31.2. The van der Waals surface area contributed by atoms with Crippen molar-refractivity contribution in [2.75, 3.05) is 0 Å². The smallest absolute Gasteiger partial charge is 0.463 e. The number of fused-ring (bicyclic) bond motifs is 1. The van der Waals surface area contributed by atoms with Gasteiger partial charge in [-0.1, -0.05) is 92.7 Å². The van der Waals surface area contributed by atoms with Gasteiger partial charge in [0, 0.05) is 23.1 Å². The van der Waals surface area contributed by atoms with E-state index in [9.17, 15) is 14.2 Å². The van der Waals surface area contributed by atoms with Crippen molar-refractivity contribution < 1.29 is 36.9 Å². The lowest BCUT2D eigenvalue weighted by molar-refractivity contribution is -0.139. The number of H-pyrrole nitrogens is 1. The van der Waals surface area contributed by atoms with Crippen LogP contribution in [0.5, 0.6) is 5.75 Å². The third-order valence-corrected chi connectivity index (χ3v) is 7.85. The summed E-state index contributed by atoms with van der Waals surface area (Å²) in [6.45, 7) is 3.58. The first-order chi connectivity index (χ1) is 20.2. The fourth-order valence-corrected chi connectivity index (χ4v) is 5.57. The summed E-state index contributed by atoms with van der Waals surface area (Å²) in [5, 5.41) is 0. The number of carbonyl (C=O) groups is 2. The topological polar surface area (TPSA) is 117 Å². The molecule has 0 radical (unpaired) electrons. The summed E-state index contributed by atoms with van der Waals surface area (Å²) in [4.78, 5) is 28.3. The Morgan fingerprint density at radius 1 is 0.833 bits per heavy atom. The molecule has 0 amide bonds. The summed E-state index contributed by atoms with van der Waals surface area (Å²) in [7, 11) is -4.16. The largest absolute Gasteiger partial charge is 0.530 e. The monoisotopic (exact) mass is 587 g/mol. The summed E-state index contributed by atoms with van der Waals surface area (Å²) < 4.78 is 41.9. The van der Waals surface area contributed by atoms with Crippen LogP contribution in [0, 0.1) is 0 Å². The summed E-state index contributed by atoms with van der Waals surface area (Å²) in [6.07, 6.45) is 1.32. The Morgan fingerprint density at radius 3 is 2.05 bits per heavy atom. The number of aromatic amines is 1. The third kappa shape index (κ3) is 7.25. The van der Waals surface area contributed by atoms with E-state index in [-0.39, 0.29) is 31.1 Å². The maximum atomic E-state index is 14.0. The zero-order chi connectivity index (χ0) is 29.6. The van der Waals surface area contributed by atoms with Crippen LogP contribution in [0.1, 0.15) is 47.4 Å². The van der Waals surface area contributed by atoms with Gasteiger partial charge in [-0.2, -0.15) is 0 Å². The second-order valence-corrected chi connectivity index (χ2v) is 11.8. The molecule has 0 aliphatic carbocycles. The minimum absolute atomic E-state index is 0.00406. The lowest BCUT2D eigenvalue weighted by Crippen LogP contribution is -2.25. The number of nitrogens with one attached hydrogen (secondary N) is 1. The SMILES string of the molecule is CC(C)(CC(=O)OC(=O)c1cc2occc2[nH]1)c1ccccc1OP(=O)(OCc1ccccc1)OCc1ccccc1. The minimum atomic E-state index is -4.16. The molecule has 0 saturated carbocycles. The number of esters is 2. The van der Waals surface area contributed by atoms with Gasteiger partial charge in [-0.25, -0.2) is 9.36 Å². The number of phosphoric ester groups is 1. The van der Waals surface area contributed by atoms with Crippen LogP contribution in [0.3, 0.4) is 0 Å². The molecule has 0 aliphatic rings. The molecule has 5 aromatic rings. The van der Waals surface area contributed by atoms with Gasteiger partial charge in [-0.3, -0.25) is 13.8 Å². The quantitative estimate of drug-likeness (QED) is 0.0895. The van der Waals surface area contributed by atoms with Crippen molar-refractivity contribution in [3.05, 3.63) is 126 Å². The second kappa shape index (κ2) is 12.6. The van der Waals surface area contributed by atoms with E-state index in [1.807, 2.05) is 60.7 Å². The number of ether oxygens (including phenoxy) is 1. The van der Waals surface area contributed by atoms with Crippen molar-refractivity contribution in [2.45, 2.75) is 38.9 Å². The van der Waals surface area contributed by atoms with Gasteiger partial charge < -0.3 is 18.7 Å². The van der Waals surface area contributed by atoms with Crippen molar-refractivity contribution in [3.63, 3.8) is 0 Å². The molecule has 1 N–H and O–H groups in total. The molecule has 9 nitrogen and oxygen atoms in total. The maximum Gasteiger partial charge on any atom is 0.530 e. The van der Waals surface area contributed by atoms with E-state index < -0.39 is 25.2 Å². The minimum Gasteiger partial charge on any atom is -0.463 e. The van der Waals surface area contributed by atoms with Gasteiger partial charge in [-0.15, -0.1) is 0 Å². The Morgan fingerprint density at radius 2 is 1.43 bits per heavy atom. The van der Waals surface area contributed by atoms with Crippen molar-refractivity contribution in [2.24, 2.45) is 0 Å². The first-order valence-corrected chi connectivity index (χ1v) is 14.7. The summed E-state index contributed by atoms with van der Waals surface area (Å²) in [5.41, 5.74) is 2.45. The average molecular weight is 588 g/mol. The predicted molar refractivity (Wildman–Crippen MR) is 156 cm³/mol. The van der Waals surface area contributed by atoms with Gasteiger partial charge >= 0.3 is 19.8 Å². The van der Waals surface area contributed by atoms with Gasteiger partial charge in [0.2, 0.25) is 0 Å². The van der Waals surface area contributed by atoms with Crippen molar-refractivity contribution in [1.29, 1.82) is 0 Å². The number of benzene rings is 3. The molecule has 0 unspecified atom stereocenters. The van der Waals surface area contributed by atoms with Crippen LogP contribution >= 0.6 is 7.82 Å². The molecule has 2 heterocycles. The summed E-state index contributed by atoms with van der Waals surface area (Å²) in [5.74, 6) is -1.34. The number of furan rings is 1. The van der Waals surface area contributed by atoms with E-state index in [2.05, 4.69) is 4.98 Å². The molecular formula is C32H30NO8P. The molecule has 10 heteroatoms. The highest BCUT2D eigenvalue weighted by Gasteiger charge is 2.35. The predicted octanol–water partition coefficient (Wildman–Crippen LogP) is 7.73. The first kappa shape index (κ1) is 29.1. The number of hydrogen-bond acceptors (Lipinski definition) is 8. The molecule has 0 atom stereocenters. The Labute approximate surface area is 243 Å². The van der Waals surface area contributed by atoms with Crippen LogP contribution < -0.4 is 4.52 Å². The summed E-state index contributed by atoms with van der Waals surface area (Å²) in [6, 6.07) is 28.5. The molecule has 0 fully saturated rings. The molecule has 42 heavy (non-hydrogen) atoms. The van der Waals surface area contributed by atoms with Gasteiger partial charge in [0.25, 0.3) is 0 Å². The zero-order valence-electron chi connectivity index (χ0n) is 23.1. The van der Waals surface area contributed by atoms with E-state index in [0.29, 0.717) is 16.7 Å². The van der Waals surface area contributed by atoms with Gasteiger partial charge in [0.15, 0.2) is 5.58 Å². The van der Waals surface area contributed by atoms with Gasteiger partial charge in [0.05, 0.1) is 31.4 Å². The fourth-order valence-electron chi connectivity index (χ4n) is 4.38. The molecule has 5 rings (SSSR count). The molecule has 2 aromatic heterocycles. The number of aromatic nitrogens is 1. The van der Waals surface area contributed by atoms with Crippen LogP contribution in [-0.4, -0.2) is 16.9 Å². The normalized spacial score (nSPS) is 11.9. The molecule has 216 valence electrons. The van der Waals surface area contributed by atoms with Crippen molar-refractivity contribution >= 4 is 30.9 Å². The van der Waals surface area contributed by atoms with Gasteiger partial charge in [0.1, 0.15) is 11.4 Å². The highest BCUT2D eigenvalue weighted by molar-refractivity contribution is 7.48. The molecule has 0 saturated heterocycles. The second-order valence-electron chi connectivity index (χ2n) is 10.3. The number of rotatable bonds is 12. The Hall–Kier alpha value is -4.43. The molecule has 3 aromatic carbocycles. The van der Waals surface area contributed by atoms with E-state index in [1.165, 1.54) is 12.3 Å². The number of phosphoric acid groups is 1. The number of para-hydroxylation sites is 1. The standard InChI is InChI=1S/C32H30NO8P/c1-32(2,20-30(34)40-31(35)27-19-29-26(33-27)17-18-37-29)25-15-9-10-16-28(25)41-42(36,38-21-23-11-5-3-6-12-23)39-22-24-13-7-4-8-14-24/h3-19,33H,20-22H2,1-2H3. The summed E-state index contributed by atoms with van der Waals surface area (Å²) >= 11 is 0. The Balaban J connectivity index is 1.32. The van der Waals surface area contributed by atoms with Crippen LogP contribution in [0.2, 0.25) is 0 Å². The molecule has 0 aliphatic heterocycles. The Kier molecular flexibility index (Phi) is 8.73. The van der Waals surface area contributed by atoms with E-state index in [4.69, 9.17) is 22.7 Å². The maximum absolute atomic E-state index is 14.0. The average Bonchev–Trinajstić information content (AvgIpc) is 3.59. The van der Waals surface area contributed by atoms with Crippen LogP contribution in [0.4, 0.5) is 0 Å². The van der Waals surface area contributed by atoms with Crippen LogP contribution in [-0.2, 0) is 41.8 Å². The van der Waals surface area contributed by atoms with Gasteiger partial charge in [-0.05, 0) is 17.2 Å². The fraction of sp³-hybridized carbons (Fsp3) is 0.188. The molecular weight excluding hydrogens is 557 g/mol. The van der Waals surface area contributed by atoms with E-state index in [0.717, 1.165) is 11.1 Å². The lowest BCUT2D eigenvalue weighted by atomic mass is 9.81. The first-order valence-electron chi connectivity index (χ1n) is 13.3. The zero-order valence-corrected chi connectivity index (χ0v) is 24.0.